The van der Waals surface area contributed by atoms with Crippen LogP contribution in [0.5, 0.6) is 11.5 Å². The van der Waals surface area contributed by atoms with E-state index < -0.39 is 0 Å². The molecule has 1 aliphatic rings. The summed E-state index contributed by atoms with van der Waals surface area (Å²) in [6.07, 6.45) is 0.799. The van der Waals surface area contributed by atoms with E-state index in [1.54, 1.807) is 19.1 Å². The zero-order chi connectivity index (χ0) is 28.6. The fraction of sp³-hybridized carbons (Fsp3) is 0.419. The number of benzene rings is 2. The minimum absolute atomic E-state index is 0.0231. The summed E-state index contributed by atoms with van der Waals surface area (Å²) in [4.78, 5) is 32.3. The summed E-state index contributed by atoms with van der Waals surface area (Å²) in [6.45, 7) is 8.38. The van der Waals surface area contributed by atoms with Crippen LogP contribution in [0.4, 0.5) is 5.82 Å². The van der Waals surface area contributed by atoms with Crippen LogP contribution in [0, 0.1) is 5.92 Å². The molecular weight excluding hydrogens is 506 g/mol. The first-order valence-electron chi connectivity index (χ1n) is 13.8. The lowest BCUT2D eigenvalue weighted by molar-refractivity contribution is -0.144. The average Bonchev–Trinajstić information content (AvgIpc) is 3.26. The van der Waals surface area contributed by atoms with E-state index >= 15 is 0 Å². The van der Waals surface area contributed by atoms with Gasteiger partial charge < -0.3 is 24.2 Å². The van der Waals surface area contributed by atoms with E-state index in [0.29, 0.717) is 36.8 Å². The van der Waals surface area contributed by atoms with Crippen molar-refractivity contribution < 1.29 is 19.1 Å². The maximum atomic E-state index is 13.4. The molecule has 3 aromatic rings. The first kappa shape index (κ1) is 28.9. The lowest BCUT2D eigenvalue weighted by Gasteiger charge is -2.32. The summed E-state index contributed by atoms with van der Waals surface area (Å²) in [6, 6.07) is 19.1. The summed E-state index contributed by atoms with van der Waals surface area (Å²) < 4.78 is 10.8. The Bertz CT molecular complexity index is 1280. The molecule has 0 N–H and O–H groups in total. The lowest BCUT2D eigenvalue weighted by atomic mass is 10.0. The summed E-state index contributed by atoms with van der Waals surface area (Å²) in [5, 5.41) is 8.95. The number of carbonyl (C=O) groups excluding carboxylic acids is 2. The highest BCUT2D eigenvalue weighted by Crippen LogP contribution is 2.32. The SMILES string of the molecule is COc1ccc(-c2ccc(N3CCCN(C(=O)CN(C(=O)C(C)C)[C@H](C)c4ccccc4)CC3)nn2)c(OC)c1. The highest BCUT2D eigenvalue weighted by atomic mass is 16.5. The van der Waals surface area contributed by atoms with Crippen LogP contribution in [0.1, 0.15) is 38.8 Å². The Balaban J connectivity index is 1.42. The van der Waals surface area contributed by atoms with Crippen LogP contribution >= 0.6 is 0 Å². The van der Waals surface area contributed by atoms with Crippen LogP contribution in [0.25, 0.3) is 11.3 Å². The van der Waals surface area contributed by atoms with Gasteiger partial charge in [0.05, 0.1) is 26.0 Å². The van der Waals surface area contributed by atoms with E-state index in [4.69, 9.17) is 9.47 Å². The highest BCUT2D eigenvalue weighted by molar-refractivity contribution is 5.86. The van der Waals surface area contributed by atoms with E-state index in [1.165, 1.54) is 0 Å². The standard InChI is InChI=1S/C31H39N5O4/c1-22(2)31(38)36(23(3)24-10-7-6-8-11-24)21-30(37)35-17-9-16-34(18-19-35)29-15-14-27(32-33-29)26-13-12-25(39-4)20-28(26)40-5/h6-8,10-15,20,22-23H,9,16-19,21H2,1-5H3/t23-/m1/s1. The van der Waals surface area contributed by atoms with Gasteiger partial charge in [0, 0.05) is 43.7 Å². The summed E-state index contributed by atoms with van der Waals surface area (Å²) in [5.74, 6) is 1.88. The van der Waals surface area contributed by atoms with Crippen LogP contribution in [0.2, 0.25) is 0 Å². The molecule has 1 aliphatic heterocycles. The van der Waals surface area contributed by atoms with Gasteiger partial charge in [0.25, 0.3) is 0 Å². The maximum Gasteiger partial charge on any atom is 0.242 e. The quantitative estimate of drug-likeness (QED) is 0.393. The van der Waals surface area contributed by atoms with Crippen molar-refractivity contribution in [2.45, 2.75) is 33.2 Å². The van der Waals surface area contributed by atoms with Gasteiger partial charge in [-0.3, -0.25) is 9.59 Å². The number of hydrogen-bond acceptors (Lipinski definition) is 7. The van der Waals surface area contributed by atoms with Gasteiger partial charge in [-0.2, -0.15) is 0 Å². The van der Waals surface area contributed by atoms with E-state index in [-0.39, 0.29) is 30.3 Å². The van der Waals surface area contributed by atoms with Crippen molar-refractivity contribution in [1.82, 2.24) is 20.0 Å². The molecule has 1 saturated heterocycles. The van der Waals surface area contributed by atoms with Gasteiger partial charge >= 0.3 is 0 Å². The monoisotopic (exact) mass is 545 g/mol. The number of anilines is 1. The zero-order valence-corrected chi connectivity index (χ0v) is 24.0. The summed E-state index contributed by atoms with van der Waals surface area (Å²) in [5.41, 5.74) is 2.55. The second-order valence-electron chi connectivity index (χ2n) is 10.3. The predicted octanol–water partition coefficient (Wildman–Crippen LogP) is 4.45. The number of aromatic nitrogens is 2. The molecule has 0 unspecified atom stereocenters. The van der Waals surface area contributed by atoms with Crippen LogP contribution in [0.3, 0.4) is 0 Å². The first-order chi connectivity index (χ1) is 19.3. The molecule has 9 heteroatoms. The topological polar surface area (TPSA) is 88.1 Å². The van der Waals surface area contributed by atoms with E-state index in [9.17, 15) is 9.59 Å². The molecule has 9 nitrogen and oxygen atoms in total. The number of methoxy groups -OCH3 is 2. The third-order valence-corrected chi connectivity index (χ3v) is 7.34. The van der Waals surface area contributed by atoms with Crippen molar-refractivity contribution in [1.29, 1.82) is 0 Å². The molecule has 1 atom stereocenters. The Labute approximate surface area is 236 Å². The van der Waals surface area contributed by atoms with Crippen LogP contribution in [0.15, 0.2) is 60.7 Å². The molecule has 0 aliphatic carbocycles. The van der Waals surface area contributed by atoms with Gasteiger partial charge in [0.1, 0.15) is 18.0 Å². The largest absolute Gasteiger partial charge is 0.497 e. The van der Waals surface area contributed by atoms with Crippen LogP contribution < -0.4 is 14.4 Å². The first-order valence-corrected chi connectivity index (χ1v) is 13.8. The summed E-state index contributed by atoms with van der Waals surface area (Å²) >= 11 is 0. The third-order valence-electron chi connectivity index (χ3n) is 7.34. The number of amides is 2. The fourth-order valence-corrected chi connectivity index (χ4v) is 4.94. The second-order valence-corrected chi connectivity index (χ2v) is 10.3. The molecule has 212 valence electrons. The number of ether oxygens (including phenoxy) is 2. The van der Waals surface area contributed by atoms with Gasteiger partial charge in [-0.05, 0) is 43.2 Å². The zero-order valence-electron chi connectivity index (χ0n) is 24.0. The maximum absolute atomic E-state index is 13.4. The predicted molar refractivity (Wildman–Crippen MR) is 155 cm³/mol. The minimum atomic E-state index is -0.196. The number of hydrogen-bond donors (Lipinski definition) is 0. The van der Waals surface area contributed by atoms with Gasteiger partial charge in [0.2, 0.25) is 11.8 Å². The Morgan fingerprint density at radius 3 is 2.33 bits per heavy atom. The van der Waals surface area contributed by atoms with Gasteiger partial charge in [-0.1, -0.05) is 44.2 Å². The Kier molecular flexibility index (Phi) is 9.58. The number of nitrogens with zero attached hydrogens (tertiary/aromatic N) is 5. The minimum Gasteiger partial charge on any atom is -0.497 e. The summed E-state index contributed by atoms with van der Waals surface area (Å²) in [7, 11) is 3.23. The van der Waals surface area contributed by atoms with Gasteiger partial charge in [-0.15, -0.1) is 10.2 Å². The molecule has 1 aromatic heterocycles. The highest BCUT2D eigenvalue weighted by Gasteiger charge is 2.29. The van der Waals surface area contributed by atoms with Crippen molar-refractivity contribution in [3.05, 3.63) is 66.2 Å². The van der Waals surface area contributed by atoms with E-state index in [0.717, 1.165) is 29.9 Å². The Morgan fingerprint density at radius 2 is 1.68 bits per heavy atom. The Hall–Kier alpha value is -4.14. The number of carbonyl (C=O) groups is 2. The Morgan fingerprint density at radius 1 is 0.900 bits per heavy atom. The van der Waals surface area contributed by atoms with Crippen molar-refractivity contribution in [3.63, 3.8) is 0 Å². The molecule has 40 heavy (non-hydrogen) atoms. The third kappa shape index (κ3) is 6.70. The van der Waals surface area contributed by atoms with Crippen molar-refractivity contribution in [2.75, 3.05) is 51.8 Å². The molecule has 1 fully saturated rings. The molecule has 2 amide bonds. The molecule has 0 bridgehead atoms. The molecular formula is C31H39N5O4. The van der Waals surface area contributed by atoms with Crippen LogP contribution in [-0.4, -0.2) is 78.8 Å². The molecule has 2 aromatic carbocycles. The molecule has 0 saturated carbocycles. The smallest absolute Gasteiger partial charge is 0.242 e. The molecule has 2 heterocycles. The molecule has 0 spiro atoms. The van der Waals surface area contributed by atoms with Gasteiger partial charge in [0.15, 0.2) is 5.82 Å². The fourth-order valence-electron chi connectivity index (χ4n) is 4.94. The van der Waals surface area contributed by atoms with E-state index in [2.05, 4.69) is 15.1 Å². The number of rotatable bonds is 9. The van der Waals surface area contributed by atoms with Crippen LogP contribution in [-0.2, 0) is 9.59 Å². The normalized spacial score (nSPS) is 14.4. The van der Waals surface area contributed by atoms with Crippen molar-refractivity contribution in [3.8, 4) is 22.8 Å². The van der Waals surface area contributed by atoms with Crippen molar-refractivity contribution >= 4 is 17.6 Å². The molecule has 4 rings (SSSR count). The average molecular weight is 546 g/mol. The van der Waals surface area contributed by atoms with Crippen molar-refractivity contribution in [2.24, 2.45) is 5.92 Å². The second kappa shape index (κ2) is 13.3. The van der Waals surface area contributed by atoms with Gasteiger partial charge in [-0.25, -0.2) is 0 Å². The lowest BCUT2D eigenvalue weighted by Crippen LogP contribution is -2.46. The molecule has 0 radical (unpaired) electrons. The van der Waals surface area contributed by atoms with E-state index in [1.807, 2.05) is 86.3 Å².